The molecule has 3 rings (SSSR count). The fourth-order valence-corrected chi connectivity index (χ4v) is 3.03. The predicted molar refractivity (Wildman–Crippen MR) is 85.9 cm³/mol. The molecule has 6 nitrogen and oxygen atoms in total. The standard InChI is InChI=1S/C17H20F2N4O2/c1-10-5-14(19)11(6-13(10)18)7-16(24)23(2)8-15-12(3-4-25-15)17-20-9-21-22-17/h5-6,9,12,15H,3-4,7-8H2,1-2H3,(H,20,21,22)/t12-,15-/m1/s1. The second kappa shape index (κ2) is 7.26. The number of likely N-dealkylation sites (N-methyl/N-ethyl adjacent to an activating group) is 1. The number of carbonyl (C=O) groups excluding carboxylic acids is 1. The van der Waals surface area contributed by atoms with Gasteiger partial charge in [-0.2, -0.15) is 5.10 Å². The van der Waals surface area contributed by atoms with Crippen LogP contribution in [0.3, 0.4) is 0 Å². The molecule has 2 atom stereocenters. The summed E-state index contributed by atoms with van der Waals surface area (Å²) in [4.78, 5) is 18.0. The van der Waals surface area contributed by atoms with Gasteiger partial charge in [0.25, 0.3) is 0 Å². The van der Waals surface area contributed by atoms with E-state index in [1.165, 1.54) is 18.2 Å². The zero-order valence-electron chi connectivity index (χ0n) is 14.1. The van der Waals surface area contributed by atoms with Gasteiger partial charge >= 0.3 is 0 Å². The van der Waals surface area contributed by atoms with Crippen molar-refractivity contribution in [1.82, 2.24) is 20.1 Å². The highest BCUT2D eigenvalue weighted by molar-refractivity contribution is 5.78. The van der Waals surface area contributed by atoms with Gasteiger partial charge in [0.05, 0.1) is 12.5 Å². The van der Waals surface area contributed by atoms with Crippen LogP contribution in [0.15, 0.2) is 18.5 Å². The van der Waals surface area contributed by atoms with Crippen molar-refractivity contribution in [2.24, 2.45) is 0 Å². The summed E-state index contributed by atoms with van der Waals surface area (Å²) in [6.45, 7) is 2.41. The minimum Gasteiger partial charge on any atom is -0.376 e. The minimum atomic E-state index is -0.572. The van der Waals surface area contributed by atoms with Gasteiger partial charge in [-0.1, -0.05) is 0 Å². The molecule has 0 unspecified atom stereocenters. The Labute approximate surface area is 144 Å². The number of carbonyl (C=O) groups is 1. The highest BCUT2D eigenvalue weighted by Gasteiger charge is 2.33. The zero-order chi connectivity index (χ0) is 18.0. The largest absolute Gasteiger partial charge is 0.376 e. The molecule has 1 aromatic carbocycles. The Morgan fingerprint density at radius 3 is 2.92 bits per heavy atom. The van der Waals surface area contributed by atoms with Crippen molar-refractivity contribution >= 4 is 5.91 Å². The van der Waals surface area contributed by atoms with E-state index in [0.717, 1.165) is 24.4 Å². The number of ether oxygens (including phenoxy) is 1. The molecule has 1 aliphatic heterocycles. The van der Waals surface area contributed by atoms with Crippen molar-refractivity contribution in [3.63, 3.8) is 0 Å². The Hall–Kier alpha value is -2.35. The average molecular weight is 350 g/mol. The predicted octanol–water partition coefficient (Wildman–Crippen LogP) is 1.96. The summed E-state index contributed by atoms with van der Waals surface area (Å²) >= 11 is 0. The van der Waals surface area contributed by atoms with Crippen LogP contribution in [0.4, 0.5) is 8.78 Å². The van der Waals surface area contributed by atoms with Crippen LogP contribution in [0.25, 0.3) is 0 Å². The number of hydrogen-bond donors (Lipinski definition) is 1. The fraction of sp³-hybridized carbons (Fsp3) is 0.471. The Morgan fingerprint density at radius 2 is 2.20 bits per heavy atom. The van der Waals surface area contributed by atoms with E-state index >= 15 is 0 Å². The van der Waals surface area contributed by atoms with E-state index in [-0.39, 0.29) is 35.5 Å². The maximum Gasteiger partial charge on any atom is 0.226 e. The minimum absolute atomic E-state index is 0.0336. The molecule has 1 amide bonds. The second-order valence-corrected chi connectivity index (χ2v) is 6.32. The van der Waals surface area contributed by atoms with Crippen LogP contribution in [0, 0.1) is 18.6 Å². The van der Waals surface area contributed by atoms with Gasteiger partial charge in [-0.05, 0) is 31.0 Å². The average Bonchev–Trinajstić information content (AvgIpc) is 3.23. The van der Waals surface area contributed by atoms with Crippen LogP contribution >= 0.6 is 0 Å². The number of nitrogens with one attached hydrogen (secondary N) is 1. The summed E-state index contributed by atoms with van der Waals surface area (Å²) in [5.74, 6) is -0.621. The molecule has 0 bridgehead atoms. The fourth-order valence-electron chi connectivity index (χ4n) is 3.03. The van der Waals surface area contributed by atoms with Gasteiger partial charge in [-0.3, -0.25) is 9.89 Å². The van der Waals surface area contributed by atoms with Gasteiger partial charge in [-0.25, -0.2) is 13.8 Å². The van der Waals surface area contributed by atoms with E-state index in [1.54, 1.807) is 7.05 Å². The Balaban J connectivity index is 1.64. The Morgan fingerprint density at radius 1 is 1.40 bits per heavy atom. The molecule has 2 aromatic rings. The van der Waals surface area contributed by atoms with Crippen LogP contribution in [-0.2, 0) is 16.0 Å². The highest BCUT2D eigenvalue weighted by atomic mass is 19.1. The van der Waals surface area contributed by atoms with Gasteiger partial charge in [0.15, 0.2) is 0 Å². The van der Waals surface area contributed by atoms with E-state index in [9.17, 15) is 13.6 Å². The quantitative estimate of drug-likeness (QED) is 0.895. The number of amides is 1. The highest BCUT2D eigenvalue weighted by Crippen LogP contribution is 2.29. The lowest BCUT2D eigenvalue weighted by Crippen LogP contribution is -2.37. The number of aromatic amines is 1. The van der Waals surface area contributed by atoms with Crippen LogP contribution in [-0.4, -0.2) is 52.3 Å². The van der Waals surface area contributed by atoms with E-state index in [1.807, 2.05) is 0 Å². The number of rotatable bonds is 5. The summed E-state index contributed by atoms with van der Waals surface area (Å²) in [5.41, 5.74) is 0.274. The first-order valence-corrected chi connectivity index (χ1v) is 8.11. The first kappa shape index (κ1) is 17.5. The first-order chi connectivity index (χ1) is 12.0. The van der Waals surface area contributed by atoms with E-state index < -0.39 is 11.6 Å². The van der Waals surface area contributed by atoms with Crippen LogP contribution in [0.2, 0.25) is 0 Å². The molecule has 2 heterocycles. The summed E-state index contributed by atoms with van der Waals surface area (Å²) in [5, 5.41) is 6.68. The Kier molecular flexibility index (Phi) is 5.08. The van der Waals surface area contributed by atoms with Gasteiger partial charge in [0, 0.05) is 31.7 Å². The first-order valence-electron chi connectivity index (χ1n) is 8.11. The number of benzene rings is 1. The molecular formula is C17H20F2N4O2. The van der Waals surface area contributed by atoms with E-state index in [4.69, 9.17) is 4.74 Å². The smallest absolute Gasteiger partial charge is 0.226 e. The lowest BCUT2D eigenvalue weighted by atomic mass is 10.00. The van der Waals surface area contributed by atoms with Crippen LogP contribution < -0.4 is 0 Å². The number of aromatic nitrogens is 3. The molecule has 8 heteroatoms. The summed E-state index contributed by atoms with van der Waals surface area (Å²) in [6, 6.07) is 2.19. The molecule has 0 radical (unpaired) electrons. The SMILES string of the molecule is Cc1cc(F)c(CC(=O)N(C)C[C@H]2OCC[C@H]2c2ncn[nH]2)cc1F. The van der Waals surface area contributed by atoms with Gasteiger partial charge in [0.1, 0.15) is 23.8 Å². The molecule has 1 aromatic heterocycles. The van der Waals surface area contributed by atoms with Gasteiger partial charge < -0.3 is 9.64 Å². The topological polar surface area (TPSA) is 71.1 Å². The molecule has 1 aliphatic rings. The summed E-state index contributed by atoms with van der Waals surface area (Å²) in [6.07, 6.45) is 1.83. The van der Waals surface area contributed by atoms with Gasteiger partial charge in [-0.15, -0.1) is 0 Å². The molecular weight excluding hydrogens is 330 g/mol. The normalized spacial score (nSPS) is 20.0. The van der Waals surface area contributed by atoms with Gasteiger partial charge in [0.2, 0.25) is 5.91 Å². The van der Waals surface area contributed by atoms with Crippen molar-refractivity contribution in [2.75, 3.05) is 20.2 Å². The Bertz CT molecular complexity index is 751. The third kappa shape index (κ3) is 3.84. The summed E-state index contributed by atoms with van der Waals surface area (Å²) < 4.78 is 33.2. The lowest BCUT2D eigenvalue weighted by Gasteiger charge is -2.24. The third-order valence-electron chi connectivity index (χ3n) is 4.54. The maximum atomic E-state index is 13.9. The van der Waals surface area contributed by atoms with Crippen molar-refractivity contribution in [3.05, 3.63) is 47.0 Å². The molecule has 1 fully saturated rings. The molecule has 1 N–H and O–H groups in total. The van der Waals surface area contributed by atoms with E-state index in [2.05, 4.69) is 15.2 Å². The van der Waals surface area contributed by atoms with Crippen molar-refractivity contribution in [1.29, 1.82) is 0 Å². The van der Waals surface area contributed by atoms with E-state index in [0.29, 0.717) is 13.2 Å². The number of H-pyrrole nitrogens is 1. The third-order valence-corrected chi connectivity index (χ3v) is 4.54. The second-order valence-electron chi connectivity index (χ2n) is 6.32. The number of aryl methyl sites for hydroxylation is 1. The molecule has 25 heavy (non-hydrogen) atoms. The number of hydrogen-bond acceptors (Lipinski definition) is 4. The van der Waals surface area contributed by atoms with Crippen molar-refractivity contribution < 1.29 is 18.3 Å². The van der Waals surface area contributed by atoms with Crippen LogP contribution in [0.5, 0.6) is 0 Å². The van der Waals surface area contributed by atoms with Crippen molar-refractivity contribution in [2.45, 2.75) is 31.8 Å². The zero-order valence-corrected chi connectivity index (χ0v) is 14.1. The molecule has 134 valence electrons. The monoisotopic (exact) mass is 350 g/mol. The number of nitrogens with zero attached hydrogens (tertiary/aromatic N) is 3. The molecule has 0 aliphatic carbocycles. The summed E-state index contributed by atoms with van der Waals surface area (Å²) in [7, 11) is 1.63. The van der Waals surface area contributed by atoms with Crippen LogP contribution in [0.1, 0.15) is 29.3 Å². The number of halogens is 2. The maximum absolute atomic E-state index is 13.9. The molecule has 0 spiro atoms. The lowest BCUT2D eigenvalue weighted by molar-refractivity contribution is -0.130. The molecule has 0 saturated carbocycles. The molecule has 1 saturated heterocycles. The van der Waals surface area contributed by atoms with Crippen molar-refractivity contribution in [3.8, 4) is 0 Å².